The molecule has 4 rings (SSSR count). The summed E-state index contributed by atoms with van der Waals surface area (Å²) >= 11 is 1.53. The van der Waals surface area contributed by atoms with Gasteiger partial charge in [-0.2, -0.15) is 5.26 Å². The van der Waals surface area contributed by atoms with Crippen molar-refractivity contribution in [2.45, 2.75) is 9.79 Å². The van der Waals surface area contributed by atoms with E-state index in [0.717, 1.165) is 9.79 Å². The van der Waals surface area contributed by atoms with Crippen LogP contribution in [-0.4, -0.2) is 25.7 Å². The highest BCUT2D eigenvalue weighted by Crippen LogP contribution is 2.42. The molecule has 1 aliphatic rings. The molecule has 0 unspecified atom stereocenters. The van der Waals surface area contributed by atoms with Crippen LogP contribution in [0.3, 0.4) is 0 Å². The number of nitrogens with zero attached hydrogens (tertiary/aromatic N) is 1. The molecule has 0 saturated heterocycles. The SMILES string of the molecule is N#Cc1ccc(OCC(=O)Nc2cc3c(cc2Sc2ccccc2)OCCO3)cc1. The maximum atomic E-state index is 12.5. The fourth-order valence-electron chi connectivity index (χ4n) is 2.83. The predicted molar refractivity (Wildman–Crippen MR) is 113 cm³/mol. The van der Waals surface area contributed by atoms with Crippen LogP contribution in [0.5, 0.6) is 17.2 Å². The van der Waals surface area contributed by atoms with Crippen LogP contribution in [0.25, 0.3) is 0 Å². The number of amides is 1. The second-order valence-electron chi connectivity index (χ2n) is 6.38. The van der Waals surface area contributed by atoms with Gasteiger partial charge in [-0.1, -0.05) is 30.0 Å². The fraction of sp³-hybridized carbons (Fsp3) is 0.130. The van der Waals surface area contributed by atoms with Gasteiger partial charge >= 0.3 is 0 Å². The maximum absolute atomic E-state index is 12.5. The summed E-state index contributed by atoms with van der Waals surface area (Å²) in [4.78, 5) is 14.4. The van der Waals surface area contributed by atoms with Crippen LogP contribution in [0.4, 0.5) is 5.69 Å². The number of fused-ring (bicyclic) bond motifs is 1. The van der Waals surface area contributed by atoms with Crippen molar-refractivity contribution in [3.05, 3.63) is 72.3 Å². The summed E-state index contributed by atoms with van der Waals surface area (Å²) in [7, 11) is 0. The molecular formula is C23H18N2O4S. The number of nitrogens with one attached hydrogen (secondary N) is 1. The number of hydrogen-bond acceptors (Lipinski definition) is 6. The van der Waals surface area contributed by atoms with E-state index < -0.39 is 0 Å². The van der Waals surface area contributed by atoms with E-state index in [0.29, 0.717) is 41.7 Å². The summed E-state index contributed by atoms with van der Waals surface area (Å²) < 4.78 is 16.9. The highest BCUT2D eigenvalue weighted by atomic mass is 32.2. The fourth-order valence-corrected chi connectivity index (χ4v) is 3.76. The summed E-state index contributed by atoms with van der Waals surface area (Å²) in [6, 6.07) is 22.2. The maximum Gasteiger partial charge on any atom is 0.262 e. The Kier molecular flexibility index (Phi) is 6.06. The zero-order chi connectivity index (χ0) is 20.8. The zero-order valence-corrected chi connectivity index (χ0v) is 16.8. The standard InChI is InChI=1S/C23H18N2O4S/c24-14-16-6-8-17(9-7-16)29-15-23(26)25-19-12-20-21(28-11-10-27-20)13-22(19)30-18-4-2-1-3-5-18/h1-9,12-13H,10-11,15H2,(H,25,26). The van der Waals surface area contributed by atoms with Crippen LogP contribution in [0.2, 0.25) is 0 Å². The van der Waals surface area contributed by atoms with Gasteiger partial charge in [0, 0.05) is 21.9 Å². The summed E-state index contributed by atoms with van der Waals surface area (Å²) in [5, 5.41) is 11.8. The Balaban J connectivity index is 1.49. The van der Waals surface area contributed by atoms with E-state index >= 15 is 0 Å². The van der Waals surface area contributed by atoms with Crippen LogP contribution < -0.4 is 19.5 Å². The van der Waals surface area contributed by atoms with Gasteiger partial charge in [0.25, 0.3) is 5.91 Å². The molecule has 0 bridgehead atoms. The molecule has 0 spiro atoms. The second kappa shape index (κ2) is 9.25. The number of carbonyl (C=O) groups is 1. The Morgan fingerprint density at radius 3 is 2.43 bits per heavy atom. The van der Waals surface area contributed by atoms with Crippen LogP contribution >= 0.6 is 11.8 Å². The van der Waals surface area contributed by atoms with Gasteiger partial charge in [0.15, 0.2) is 18.1 Å². The average Bonchev–Trinajstić information content (AvgIpc) is 2.79. The molecule has 30 heavy (non-hydrogen) atoms. The minimum atomic E-state index is -0.300. The number of rotatable bonds is 6. The first-order valence-electron chi connectivity index (χ1n) is 9.30. The van der Waals surface area contributed by atoms with E-state index in [9.17, 15) is 4.79 Å². The van der Waals surface area contributed by atoms with Crippen LogP contribution in [-0.2, 0) is 4.79 Å². The first-order valence-corrected chi connectivity index (χ1v) is 10.1. The third kappa shape index (κ3) is 4.85. The van der Waals surface area contributed by atoms with Crippen LogP contribution in [0.15, 0.2) is 76.5 Å². The molecule has 1 N–H and O–H groups in total. The van der Waals surface area contributed by atoms with E-state index in [4.69, 9.17) is 19.5 Å². The highest BCUT2D eigenvalue weighted by Gasteiger charge is 2.18. The van der Waals surface area contributed by atoms with E-state index in [2.05, 4.69) is 5.32 Å². The van der Waals surface area contributed by atoms with Gasteiger partial charge in [-0.25, -0.2) is 0 Å². The molecule has 0 radical (unpaired) electrons. The van der Waals surface area contributed by atoms with Crippen molar-refractivity contribution in [1.82, 2.24) is 0 Å². The molecular weight excluding hydrogens is 400 g/mol. The minimum absolute atomic E-state index is 0.157. The molecule has 1 heterocycles. The Hall–Kier alpha value is -3.63. The Morgan fingerprint density at radius 1 is 1.03 bits per heavy atom. The quantitative estimate of drug-likeness (QED) is 0.635. The lowest BCUT2D eigenvalue weighted by Crippen LogP contribution is -2.21. The van der Waals surface area contributed by atoms with Crippen molar-refractivity contribution in [3.63, 3.8) is 0 Å². The smallest absolute Gasteiger partial charge is 0.262 e. The molecule has 150 valence electrons. The number of hydrogen-bond donors (Lipinski definition) is 1. The molecule has 1 amide bonds. The molecule has 0 aromatic heterocycles. The van der Waals surface area contributed by atoms with E-state index in [1.807, 2.05) is 42.5 Å². The zero-order valence-electron chi connectivity index (χ0n) is 16.0. The lowest BCUT2D eigenvalue weighted by atomic mass is 10.2. The van der Waals surface area contributed by atoms with Gasteiger partial charge < -0.3 is 19.5 Å². The molecule has 3 aromatic rings. The topological polar surface area (TPSA) is 80.6 Å². The summed E-state index contributed by atoms with van der Waals surface area (Å²) in [5.74, 6) is 1.48. The number of benzene rings is 3. The molecule has 1 aliphatic heterocycles. The predicted octanol–water partition coefficient (Wildman–Crippen LogP) is 4.50. The Labute approximate surface area is 178 Å². The minimum Gasteiger partial charge on any atom is -0.486 e. The molecule has 0 fully saturated rings. The second-order valence-corrected chi connectivity index (χ2v) is 7.50. The number of carbonyl (C=O) groups excluding carboxylic acids is 1. The van der Waals surface area contributed by atoms with Gasteiger partial charge in [-0.15, -0.1) is 0 Å². The lowest BCUT2D eigenvalue weighted by Gasteiger charge is -2.21. The number of nitriles is 1. The molecule has 0 atom stereocenters. The first kappa shape index (κ1) is 19.7. The van der Waals surface area contributed by atoms with Crippen LogP contribution in [0.1, 0.15) is 5.56 Å². The number of anilines is 1. The summed E-state index contributed by atoms with van der Waals surface area (Å²) in [6.45, 7) is 0.801. The largest absolute Gasteiger partial charge is 0.486 e. The Bertz CT molecular complexity index is 1080. The third-order valence-electron chi connectivity index (χ3n) is 4.24. The molecule has 6 nitrogen and oxygen atoms in total. The van der Waals surface area contributed by atoms with Crippen molar-refractivity contribution >= 4 is 23.4 Å². The molecule has 0 aliphatic carbocycles. The van der Waals surface area contributed by atoms with Crippen LogP contribution in [0, 0.1) is 11.3 Å². The highest BCUT2D eigenvalue weighted by molar-refractivity contribution is 7.99. The molecule has 7 heteroatoms. The van der Waals surface area contributed by atoms with Gasteiger partial charge in [0.1, 0.15) is 19.0 Å². The van der Waals surface area contributed by atoms with Crippen molar-refractivity contribution < 1.29 is 19.0 Å². The van der Waals surface area contributed by atoms with E-state index in [-0.39, 0.29) is 12.5 Å². The van der Waals surface area contributed by atoms with Crippen molar-refractivity contribution in [2.24, 2.45) is 0 Å². The van der Waals surface area contributed by atoms with Crippen molar-refractivity contribution in [2.75, 3.05) is 25.1 Å². The normalized spacial score (nSPS) is 12.0. The summed E-state index contributed by atoms with van der Waals surface area (Å²) in [6.07, 6.45) is 0. The van der Waals surface area contributed by atoms with Gasteiger partial charge in [0.2, 0.25) is 0 Å². The first-order chi connectivity index (χ1) is 14.7. The van der Waals surface area contributed by atoms with Gasteiger partial charge in [0.05, 0.1) is 17.3 Å². The van der Waals surface area contributed by atoms with Gasteiger partial charge in [-0.05, 0) is 36.4 Å². The van der Waals surface area contributed by atoms with Gasteiger partial charge in [-0.3, -0.25) is 4.79 Å². The Morgan fingerprint density at radius 2 is 1.73 bits per heavy atom. The van der Waals surface area contributed by atoms with Crippen molar-refractivity contribution in [3.8, 4) is 23.3 Å². The monoisotopic (exact) mass is 418 g/mol. The van der Waals surface area contributed by atoms with E-state index in [1.54, 1.807) is 30.3 Å². The molecule has 3 aromatic carbocycles. The third-order valence-corrected chi connectivity index (χ3v) is 5.31. The number of ether oxygens (including phenoxy) is 3. The van der Waals surface area contributed by atoms with E-state index in [1.165, 1.54) is 11.8 Å². The summed E-state index contributed by atoms with van der Waals surface area (Å²) in [5.41, 5.74) is 1.16. The van der Waals surface area contributed by atoms with Crippen molar-refractivity contribution in [1.29, 1.82) is 5.26 Å². The molecule has 0 saturated carbocycles. The lowest BCUT2D eigenvalue weighted by molar-refractivity contribution is -0.118. The average molecular weight is 418 g/mol.